The zero-order chi connectivity index (χ0) is 37.9. The van der Waals surface area contributed by atoms with Crippen LogP contribution in [0.4, 0.5) is 0 Å². The molecule has 1 unspecified atom stereocenters. The quantitative estimate of drug-likeness (QED) is 0.147. The van der Waals surface area contributed by atoms with Gasteiger partial charge in [-0.2, -0.15) is 0 Å². The van der Waals surface area contributed by atoms with Crippen molar-refractivity contribution in [2.75, 3.05) is 20.3 Å². The number of methoxy groups -OCH3 is 1. The fourth-order valence-electron chi connectivity index (χ4n) is 13.7. The minimum atomic E-state index is -0.946. The smallest absolute Gasteiger partial charge is 0.326 e. The summed E-state index contributed by atoms with van der Waals surface area (Å²) in [5, 5.41) is 24.4. The SMILES string of the molecule is C=C(COCCc1ccc(OC)cc1)[C@@H]1CC[C@]2(C(=O)N[C@@H](CC(C)C)C(=O)O)CC[C@]3(C)[C@H](CCC4[C@@]5(C)CC[C@H](O)C(C)(C)[C@@H]5CC[C@]43C)[C@@H]12. The van der Waals surface area contributed by atoms with Gasteiger partial charge in [-0.05, 0) is 157 Å². The van der Waals surface area contributed by atoms with Crippen molar-refractivity contribution >= 4 is 11.9 Å². The van der Waals surface area contributed by atoms with E-state index in [9.17, 15) is 19.8 Å². The van der Waals surface area contributed by atoms with Crippen molar-refractivity contribution < 1.29 is 29.3 Å². The number of benzene rings is 1. The molecule has 1 amide bonds. The lowest BCUT2D eigenvalue weighted by Crippen LogP contribution is -2.67. The summed E-state index contributed by atoms with van der Waals surface area (Å²) in [6.45, 7) is 22.1. The molecule has 0 bridgehead atoms. The number of carbonyl (C=O) groups excluding carboxylic acids is 1. The Morgan fingerprint density at radius 2 is 1.62 bits per heavy atom. The molecular weight excluding hydrogens is 650 g/mol. The van der Waals surface area contributed by atoms with E-state index in [0.29, 0.717) is 37.4 Å². The van der Waals surface area contributed by atoms with E-state index in [4.69, 9.17) is 9.47 Å². The third-order valence-electron chi connectivity index (χ3n) is 16.7. The van der Waals surface area contributed by atoms with E-state index in [2.05, 4.69) is 58.6 Å². The van der Waals surface area contributed by atoms with E-state index in [0.717, 1.165) is 82.0 Å². The molecule has 1 aromatic carbocycles. The van der Waals surface area contributed by atoms with Crippen molar-refractivity contribution in [1.29, 1.82) is 0 Å². The number of carboxylic acid groups (broad SMARTS) is 1. The molecule has 7 nitrogen and oxygen atoms in total. The lowest BCUT2D eigenvalue weighted by atomic mass is 9.32. The number of aliphatic carboxylic acids is 1. The van der Waals surface area contributed by atoms with Gasteiger partial charge in [-0.15, -0.1) is 0 Å². The van der Waals surface area contributed by atoms with E-state index in [-0.39, 0.29) is 51.4 Å². The molecule has 1 aromatic rings. The molecule has 11 atom stereocenters. The number of ether oxygens (including phenoxy) is 2. The van der Waals surface area contributed by atoms with Crippen LogP contribution in [0, 0.1) is 62.6 Å². The van der Waals surface area contributed by atoms with Gasteiger partial charge in [0.05, 0.1) is 31.8 Å². The minimum absolute atomic E-state index is 0.0424. The fraction of sp³-hybridized carbons (Fsp3) is 0.778. The van der Waals surface area contributed by atoms with Crippen LogP contribution in [0.15, 0.2) is 36.4 Å². The molecule has 0 heterocycles. The zero-order valence-electron chi connectivity index (χ0n) is 33.6. The first kappa shape index (κ1) is 39.3. The van der Waals surface area contributed by atoms with Gasteiger partial charge in [0.25, 0.3) is 0 Å². The van der Waals surface area contributed by atoms with Crippen LogP contribution >= 0.6 is 0 Å². The predicted octanol–water partition coefficient (Wildman–Crippen LogP) is 8.87. The first-order valence-corrected chi connectivity index (χ1v) is 20.5. The molecule has 0 spiro atoms. The molecule has 5 aliphatic carbocycles. The Kier molecular flexibility index (Phi) is 10.9. The van der Waals surface area contributed by atoms with Gasteiger partial charge < -0.3 is 25.0 Å². The van der Waals surface area contributed by atoms with E-state index < -0.39 is 17.4 Å². The van der Waals surface area contributed by atoms with Crippen LogP contribution in [0.2, 0.25) is 0 Å². The highest BCUT2D eigenvalue weighted by Gasteiger charge is 2.72. The second-order valence-corrected chi connectivity index (χ2v) is 19.7. The van der Waals surface area contributed by atoms with Crippen molar-refractivity contribution in [3.8, 4) is 5.75 Å². The maximum Gasteiger partial charge on any atom is 0.326 e. The molecule has 3 N–H and O–H groups in total. The van der Waals surface area contributed by atoms with Crippen LogP contribution in [0.5, 0.6) is 5.75 Å². The van der Waals surface area contributed by atoms with E-state index in [1.54, 1.807) is 7.11 Å². The molecule has 5 fully saturated rings. The van der Waals surface area contributed by atoms with Gasteiger partial charge in [0.2, 0.25) is 5.91 Å². The maximum absolute atomic E-state index is 14.7. The Morgan fingerprint density at radius 3 is 2.27 bits per heavy atom. The molecule has 290 valence electrons. The Morgan fingerprint density at radius 1 is 0.904 bits per heavy atom. The van der Waals surface area contributed by atoms with Crippen molar-refractivity contribution in [2.24, 2.45) is 62.6 Å². The lowest BCUT2D eigenvalue weighted by Gasteiger charge is -2.72. The molecule has 6 rings (SSSR count). The third kappa shape index (κ3) is 6.35. The number of hydrogen-bond acceptors (Lipinski definition) is 5. The van der Waals surface area contributed by atoms with Crippen molar-refractivity contribution in [3.05, 3.63) is 42.0 Å². The Balaban J connectivity index is 1.28. The number of amides is 1. The summed E-state index contributed by atoms with van der Waals surface area (Å²) >= 11 is 0. The van der Waals surface area contributed by atoms with Crippen LogP contribution in [0.1, 0.15) is 125 Å². The highest BCUT2D eigenvalue weighted by molar-refractivity contribution is 5.88. The number of fused-ring (bicyclic) bond motifs is 7. The van der Waals surface area contributed by atoms with Gasteiger partial charge in [0.1, 0.15) is 11.8 Å². The van der Waals surface area contributed by atoms with Gasteiger partial charge in [0.15, 0.2) is 0 Å². The highest BCUT2D eigenvalue weighted by Crippen LogP contribution is 2.77. The molecule has 0 radical (unpaired) electrons. The van der Waals surface area contributed by atoms with Gasteiger partial charge in [0, 0.05) is 0 Å². The Labute approximate surface area is 314 Å². The van der Waals surface area contributed by atoms with Crippen molar-refractivity contribution in [3.63, 3.8) is 0 Å². The van der Waals surface area contributed by atoms with Crippen LogP contribution < -0.4 is 10.1 Å². The summed E-state index contributed by atoms with van der Waals surface area (Å²) in [6.07, 6.45) is 10.9. The van der Waals surface area contributed by atoms with Crippen molar-refractivity contribution in [2.45, 2.75) is 138 Å². The van der Waals surface area contributed by atoms with Crippen molar-refractivity contribution in [1.82, 2.24) is 5.32 Å². The van der Waals surface area contributed by atoms with Crippen LogP contribution in [-0.4, -0.2) is 54.6 Å². The first-order chi connectivity index (χ1) is 24.4. The first-order valence-electron chi connectivity index (χ1n) is 20.5. The molecule has 7 heteroatoms. The number of nitrogens with one attached hydrogen (secondary N) is 1. The monoisotopic (exact) mass is 720 g/mol. The molecular formula is C45H69NO6. The standard InChI is InChI=1S/C45H69NO6/c1-28(2)26-34(39(48)49)46-40(50)45-22-16-32(29(3)27-52-25-19-30-10-12-31(51-9)13-11-30)38(45)33-14-15-36-42(6)20-18-37(47)41(4,5)35(42)17-21-44(36,8)43(33,7)23-24-45/h10-13,28,32-38,47H,3,14-27H2,1-2,4-9H3,(H,46,50)(H,48,49)/t32-,33+,34-,35-,36?,37-,38+,42-,43+,44+,45-/m0/s1. The summed E-state index contributed by atoms with van der Waals surface area (Å²) in [6, 6.07) is 7.24. The average Bonchev–Trinajstić information content (AvgIpc) is 3.49. The predicted molar refractivity (Wildman–Crippen MR) is 206 cm³/mol. The second-order valence-electron chi connectivity index (χ2n) is 19.7. The van der Waals surface area contributed by atoms with Crippen LogP contribution in [0.25, 0.3) is 0 Å². The lowest BCUT2D eigenvalue weighted by molar-refractivity contribution is -0.246. The average molecular weight is 720 g/mol. The Hall–Kier alpha value is -2.38. The largest absolute Gasteiger partial charge is 0.497 e. The summed E-state index contributed by atoms with van der Waals surface area (Å²) in [4.78, 5) is 27.2. The molecule has 0 aliphatic heterocycles. The molecule has 5 saturated carbocycles. The van der Waals surface area contributed by atoms with Crippen LogP contribution in [0.3, 0.4) is 0 Å². The summed E-state index contributed by atoms with van der Waals surface area (Å²) < 4.78 is 11.6. The zero-order valence-corrected chi connectivity index (χ0v) is 33.6. The summed E-state index contributed by atoms with van der Waals surface area (Å²) in [7, 11) is 1.68. The maximum atomic E-state index is 14.7. The van der Waals surface area contributed by atoms with Crippen LogP contribution in [-0.2, 0) is 20.7 Å². The number of aliphatic hydroxyl groups excluding tert-OH is 1. The second kappa shape index (κ2) is 14.4. The molecule has 5 aliphatic rings. The topological polar surface area (TPSA) is 105 Å². The van der Waals surface area contributed by atoms with Gasteiger partial charge in [-0.1, -0.05) is 67.2 Å². The molecule has 0 aromatic heterocycles. The van der Waals surface area contributed by atoms with E-state index in [1.165, 1.54) is 5.56 Å². The summed E-state index contributed by atoms with van der Waals surface area (Å²) in [5.74, 6) is 1.68. The number of hydrogen-bond donors (Lipinski definition) is 3. The fourth-order valence-corrected chi connectivity index (χ4v) is 13.7. The summed E-state index contributed by atoms with van der Waals surface area (Å²) in [5.41, 5.74) is 1.92. The number of carboxylic acids is 1. The Bertz CT molecular complexity index is 1490. The highest BCUT2D eigenvalue weighted by atomic mass is 16.5. The molecule has 0 saturated heterocycles. The normalized spacial score (nSPS) is 39.7. The van der Waals surface area contributed by atoms with Gasteiger partial charge in [-0.25, -0.2) is 4.79 Å². The number of carbonyl (C=O) groups is 2. The molecule has 52 heavy (non-hydrogen) atoms. The van der Waals surface area contributed by atoms with E-state index in [1.807, 2.05) is 26.0 Å². The minimum Gasteiger partial charge on any atom is -0.497 e. The van der Waals surface area contributed by atoms with Gasteiger partial charge in [-0.3, -0.25) is 4.79 Å². The third-order valence-corrected chi connectivity index (χ3v) is 16.7. The number of rotatable bonds is 12. The van der Waals surface area contributed by atoms with Gasteiger partial charge >= 0.3 is 5.97 Å². The van der Waals surface area contributed by atoms with E-state index >= 15 is 0 Å². The number of aliphatic hydroxyl groups is 1.